The molecular weight excluding hydrogens is 260 g/mol. The minimum atomic E-state index is -2.49. The van der Waals surface area contributed by atoms with Gasteiger partial charge in [-0.05, 0) is 23.7 Å². The molecule has 1 nitrogen and oxygen atoms in total. The minimum absolute atomic E-state index is 0.118. The largest absolute Gasteiger partial charge is 0.282 e. The van der Waals surface area contributed by atoms with Crippen LogP contribution in [0.15, 0.2) is 22.7 Å². The predicted octanol–water partition coefficient (Wildman–Crippen LogP) is 4.00. The van der Waals surface area contributed by atoms with Crippen LogP contribution in [0.1, 0.15) is 12.1 Å². The van der Waals surface area contributed by atoms with Crippen LogP contribution in [0, 0.1) is 0 Å². The molecule has 0 spiro atoms. The van der Waals surface area contributed by atoms with Gasteiger partial charge in [-0.1, -0.05) is 22.0 Å². The molecule has 0 radical (unpaired) electrons. The first-order valence-electron chi connectivity index (χ1n) is 3.51. The van der Waals surface area contributed by atoms with E-state index in [9.17, 15) is 8.78 Å². The van der Waals surface area contributed by atoms with Crippen LogP contribution in [-0.4, -0.2) is 4.37 Å². The van der Waals surface area contributed by atoms with Gasteiger partial charge in [0.1, 0.15) is 5.69 Å². The monoisotopic (exact) mass is 263 g/mol. The second kappa shape index (κ2) is 3.31. The molecular formula is C8H4BrF2NS. The third-order valence-corrected chi connectivity index (χ3v) is 2.98. The summed E-state index contributed by atoms with van der Waals surface area (Å²) in [6, 6.07) is 5.19. The fourth-order valence-corrected chi connectivity index (χ4v) is 2.43. The Morgan fingerprint density at radius 2 is 2.15 bits per heavy atom. The van der Waals surface area contributed by atoms with Crippen LogP contribution in [0.4, 0.5) is 8.78 Å². The van der Waals surface area contributed by atoms with Gasteiger partial charge < -0.3 is 0 Å². The summed E-state index contributed by atoms with van der Waals surface area (Å²) in [5, 5.41) is 0.545. The van der Waals surface area contributed by atoms with E-state index in [0.29, 0.717) is 5.39 Å². The van der Waals surface area contributed by atoms with Gasteiger partial charge >= 0.3 is 0 Å². The molecule has 2 aromatic rings. The molecule has 5 heteroatoms. The number of hydrogen-bond donors (Lipinski definition) is 0. The van der Waals surface area contributed by atoms with Crippen molar-refractivity contribution in [3.05, 3.63) is 28.4 Å². The summed E-state index contributed by atoms with van der Waals surface area (Å²) in [6.07, 6.45) is -2.49. The van der Waals surface area contributed by atoms with Crippen LogP contribution >= 0.6 is 27.5 Å². The van der Waals surface area contributed by atoms with E-state index in [1.807, 2.05) is 0 Å². The highest BCUT2D eigenvalue weighted by Crippen LogP contribution is 2.31. The number of aromatic nitrogens is 1. The van der Waals surface area contributed by atoms with Crippen LogP contribution in [0.25, 0.3) is 10.1 Å². The second-order valence-electron chi connectivity index (χ2n) is 2.51. The van der Waals surface area contributed by atoms with E-state index < -0.39 is 6.43 Å². The Bertz CT molecular complexity index is 441. The summed E-state index contributed by atoms with van der Waals surface area (Å²) in [7, 11) is 0. The molecule has 0 atom stereocenters. The van der Waals surface area contributed by atoms with Crippen LogP contribution in [0.5, 0.6) is 0 Å². The van der Waals surface area contributed by atoms with Crippen molar-refractivity contribution in [2.75, 3.05) is 0 Å². The van der Waals surface area contributed by atoms with E-state index in [-0.39, 0.29) is 5.69 Å². The average Bonchev–Trinajstić information content (AvgIpc) is 2.46. The number of hydrogen-bond acceptors (Lipinski definition) is 2. The van der Waals surface area contributed by atoms with Gasteiger partial charge in [0.2, 0.25) is 0 Å². The number of halogens is 3. The zero-order chi connectivity index (χ0) is 9.42. The lowest BCUT2D eigenvalue weighted by molar-refractivity contribution is 0.149. The van der Waals surface area contributed by atoms with Crippen LogP contribution in [-0.2, 0) is 0 Å². The lowest BCUT2D eigenvalue weighted by Gasteiger charge is -1.94. The van der Waals surface area contributed by atoms with Gasteiger partial charge in [0.25, 0.3) is 6.43 Å². The molecule has 0 amide bonds. The van der Waals surface area contributed by atoms with Crippen molar-refractivity contribution in [1.82, 2.24) is 4.37 Å². The topological polar surface area (TPSA) is 12.9 Å². The summed E-state index contributed by atoms with van der Waals surface area (Å²) in [5.74, 6) is 0. The highest BCUT2D eigenvalue weighted by molar-refractivity contribution is 9.10. The van der Waals surface area contributed by atoms with Gasteiger partial charge in [-0.3, -0.25) is 0 Å². The van der Waals surface area contributed by atoms with Crippen molar-refractivity contribution in [3.8, 4) is 0 Å². The number of nitrogens with zero attached hydrogens (tertiary/aromatic N) is 1. The third-order valence-electron chi connectivity index (χ3n) is 1.67. The molecule has 0 fully saturated rings. The van der Waals surface area contributed by atoms with Crippen molar-refractivity contribution in [2.24, 2.45) is 0 Å². The average molecular weight is 264 g/mol. The second-order valence-corrected chi connectivity index (χ2v) is 4.23. The van der Waals surface area contributed by atoms with Crippen LogP contribution in [0.3, 0.4) is 0 Å². The van der Waals surface area contributed by atoms with Crippen molar-refractivity contribution >= 4 is 37.5 Å². The van der Waals surface area contributed by atoms with E-state index in [1.54, 1.807) is 18.2 Å². The predicted molar refractivity (Wildman–Crippen MR) is 52.3 cm³/mol. The number of benzene rings is 1. The Balaban J connectivity index is 2.69. The summed E-state index contributed by atoms with van der Waals surface area (Å²) in [6.45, 7) is 0. The highest BCUT2D eigenvalue weighted by Gasteiger charge is 2.15. The molecule has 0 aliphatic carbocycles. The Labute approximate surface area is 85.7 Å². The summed E-state index contributed by atoms with van der Waals surface area (Å²) in [4.78, 5) is 0. The maximum atomic E-state index is 12.4. The number of rotatable bonds is 1. The van der Waals surface area contributed by atoms with Gasteiger partial charge in [0.05, 0.1) is 4.70 Å². The zero-order valence-electron chi connectivity index (χ0n) is 6.30. The molecule has 0 aliphatic rings. The maximum absolute atomic E-state index is 12.4. The van der Waals surface area contributed by atoms with Gasteiger partial charge in [0, 0.05) is 9.86 Å². The summed E-state index contributed by atoms with van der Waals surface area (Å²) >= 11 is 4.37. The third kappa shape index (κ3) is 1.58. The van der Waals surface area contributed by atoms with Crippen LogP contribution in [0.2, 0.25) is 0 Å². The molecule has 0 saturated carbocycles. The van der Waals surface area contributed by atoms with Gasteiger partial charge in [-0.15, -0.1) is 0 Å². The number of fused-ring (bicyclic) bond motifs is 1. The molecule has 0 saturated heterocycles. The molecule has 13 heavy (non-hydrogen) atoms. The first-order chi connectivity index (χ1) is 6.18. The zero-order valence-corrected chi connectivity index (χ0v) is 8.70. The highest BCUT2D eigenvalue weighted by atomic mass is 79.9. The van der Waals surface area contributed by atoms with Gasteiger partial charge in [-0.25, -0.2) is 8.78 Å². The van der Waals surface area contributed by atoms with Gasteiger partial charge in [-0.2, -0.15) is 4.37 Å². The quantitative estimate of drug-likeness (QED) is 0.758. The molecule has 1 heterocycles. The lowest BCUT2D eigenvalue weighted by Crippen LogP contribution is -1.82. The molecule has 0 unspecified atom stereocenters. The van der Waals surface area contributed by atoms with Crippen LogP contribution < -0.4 is 0 Å². The first kappa shape index (κ1) is 9.02. The Morgan fingerprint density at radius 1 is 1.38 bits per heavy atom. The standard InChI is InChI=1S/C8H4BrF2NS/c9-4-1-2-5-6(3-4)13-12-7(5)8(10)11/h1-3,8H. The molecule has 68 valence electrons. The summed E-state index contributed by atoms with van der Waals surface area (Å²) < 4.78 is 30.1. The van der Waals surface area contributed by atoms with Crippen molar-refractivity contribution in [2.45, 2.75) is 6.43 Å². The van der Waals surface area contributed by atoms with E-state index >= 15 is 0 Å². The molecule has 0 aliphatic heterocycles. The first-order valence-corrected chi connectivity index (χ1v) is 5.08. The molecule has 0 bridgehead atoms. The maximum Gasteiger partial charge on any atom is 0.282 e. The van der Waals surface area contributed by atoms with E-state index in [2.05, 4.69) is 20.3 Å². The van der Waals surface area contributed by atoms with Gasteiger partial charge in [0.15, 0.2) is 0 Å². The van der Waals surface area contributed by atoms with E-state index in [1.165, 1.54) is 0 Å². The fourth-order valence-electron chi connectivity index (χ4n) is 1.09. The van der Waals surface area contributed by atoms with Crippen molar-refractivity contribution in [3.63, 3.8) is 0 Å². The Hall–Kier alpha value is -0.550. The van der Waals surface area contributed by atoms with E-state index in [4.69, 9.17) is 0 Å². The normalized spacial score (nSPS) is 11.4. The molecule has 1 aromatic carbocycles. The SMILES string of the molecule is FC(F)c1nsc2cc(Br)ccc12. The Morgan fingerprint density at radius 3 is 2.85 bits per heavy atom. The summed E-state index contributed by atoms with van der Waals surface area (Å²) in [5.41, 5.74) is -0.118. The van der Waals surface area contributed by atoms with E-state index in [0.717, 1.165) is 20.7 Å². The van der Waals surface area contributed by atoms with Crippen molar-refractivity contribution < 1.29 is 8.78 Å². The minimum Gasteiger partial charge on any atom is -0.203 e. The van der Waals surface area contributed by atoms with Crippen molar-refractivity contribution in [1.29, 1.82) is 0 Å². The Kier molecular flexibility index (Phi) is 2.29. The smallest absolute Gasteiger partial charge is 0.203 e. The fraction of sp³-hybridized carbons (Fsp3) is 0.125. The molecule has 1 aromatic heterocycles. The number of alkyl halides is 2. The molecule has 0 N–H and O–H groups in total. The lowest BCUT2D eigenvalue weighted by atomic mass is 10.2. The molecule has 2 rings (SSSR count).